The van der Waals surface area contributed by atoms with Crippen molar-refractivity contribution in [2.75, 3.05) is 0 Å². The number of benzene rings is 2. The van der Waals surface area contributed by atoms with Crippen molar-refractivity contribution in [3.05, 3.63) is 54.1 Å². The molecule has 22 heavy (non-hydrogen) atoms. The molecule has 0 bridgehead atoms. The van der Waals surface area contributed by atoms with Crippen molar-refractivity contribution in [2.45, 2.75) is 13.0 Å². The van der Waals surface area contributed by atoms with Crippen molar-refractivity contribution < 1.29 is 32.7 Å². The molecule has 0 aliphatic carbocycles. The Balaban J connectivity index is 2.20. The van der Waals surface area contributed by atoms with Gasteiger partial charge in [0.1, 0.15) is 18.1 Å². The number of halogens is 3. The van der Waals surface area contributed by atoms with Crippen LogP contribution in [0.3, 0.4) is 0 Å². The van der Waals surface area contributed by atoms with Crippen LogP contribution in [-0.2, 0) is 6.61 Å². The van der Waals surface area contributed by atoms with E-state index >= 15 is 0 Å². The molecule has 0 aliphatic rings. The molecule has 0 saturated carbocycles. The van der Waals surface area contributed by atoms with E-state index in [1.807, 2.05) is 6.07 Å². The summed E-state index contributed by atoms with van der Waals surface area (Å²) in [7, 11) is -1.87. The van der Waals surface area contributed by atoms with Gasteiger partial charge in [-0.15, -0.1) is 13.2 Å². The summed E-state index contributed by atoms with van der Waals surface area (Å²) in [6.07, 6.45) is -4.84. The minimum Gasteiger partial charge on any atom is -0.489 e. The Morgan fingerprint density at radius 2 is 1.68 bits per heavy atom. The molecule has 2 aromatic carbocycles. The minimum absolute atomic E-state index is 0.0505. The third kappa shape index (κ3) is 4.68. The lowest BCUT2D eigenvalue weighted by Crippen LogP contribution is -2.31. The van der Waals surface area contributed by atoms with Crippen molar-refractivity contribution in [2.24, 2.45) is 0 Å². The number of alkyl halides is 3. The van der Waals surface area contributed by atoms with Gasteiger partial charge in [-0.05, 0) is 11.6 Å². The molecular weight excluding hydrogens is 300 g/mol. The first kappa shape index (κ1) is 16.2. The highest BCUT2D eigenvalue weighted by Gasteiger charge is 2.31. The van der Waals surface area contributed by atoms with Gasteiger partial charge in [-0.3, -0.25) is 0 Å². The van der Waals surface area contributed by atoms with Crippen molar-refractivity contribution in [1.82, 2.24) is 0 Å². The Kier molecular flexibility index (Phi) is 4.94. The summed E-state index contributed by atoms with van der Waals surface area (Å²) in [5.41, 5.74) is 0.730. The van der Waals surface area contributed by atoms with E-state index in [1.54, 1.807) is 24.3 Å². The molecule has 0 spiro atoms. The Hall–Kier alpha value is -2.19. The molecule has 8 heteroatoms. The standard InChI is InChI=1S/C14H12BF3O4/c16-14(17,18)22-11-6-7-12(15(19)20)13(8-11)21-9-10-4-2-1-3-5-10/h1-8,19-20H,9H2. The Morgan fingerprint density at radius 1 is 1.00 bits per heavy atom. The summed E-state index contributed by atoms with van der Waals surface area (Å²) in [5.74, 6) is -0.597. The molecule has 0 aromatic heterocycles. The highest BCUT2D eigenvalue weighted by Crippen LogP contribution is 2.25. The van der Waals surface area contributed by atoms with Crippen molar-refractivity contribution in [1.29, 1.82) is 0 Å². The fourth-order valence-electron chi connectivity index (χ4n) is 1.79. The number of hydrogen-bond acceptors (Lipinski definition) is 4. The first-order chi connectivity index (χ1) is 10.3. The van der Waals surface area contributed by atoms with E-state index in [9.17, 15) is 23.2 Å². The summed E-state index contributed by atoms with van der Waals surface area (Å²) >= 11 is 0. The third-order valence-electron chi connectivity index (χ3n) is 2.73. The SMILES string of the molecule is OB(O)c1ccc(OC(F)(F)F)cc1OCc1ccccc1. The van der Waals surface area contributed by atoms with Gasteiger partial charge in [0, 0.05) is 11.5 Å². The zero-order valence-corrected chi connectivity index (χ0v) is 11.2. The first-order valence-electron chi connectivity index (χ1n) is 6.28. The van der Waals surface area contributed by atoms with Gasteiger partial charge in [-0.1, -0.05) is 36.4 Å². The van der Waals surface area contributed by atoms with Gasteiger partial charge in [-0.2, -0.15) is 0 Å². The lowest BCUT2D eigenvalue weighted by Gasteiger charge is -2.14. The molecule has 0 aliphatic heterocycles. The van der Waals surface area contributed by atoms with Crippen LogP contribution >= 0.6 is 0 Å². The quantitative estimate of drug-likeness (QED) is 0.827. The molecule has 0 unspecified atom stereocenters. The summed E-state index contributed by atoms with van der Waals surface area (Å²) in [6, 6.07) is 12.0. The maximum atomic E-state index is 12.2. The van der Waals surface area contributed by atoms with Gasteiger partial charge in [0.2, 0.25) is 0 Å². The molecule has 0 fully saturated rings. The van der Waals surface area contributed by atoms with Crippen LogP contribution in [0.2, 0.25) is 0 Å². The lowest BCUT2D eigenvalue weighted by atomic mass is 9.79. The third-order valence-corrected chi connectivity index (χ3v) is 2.73. The van der Waals surface area contributed by atoms with Crippen molar-refractivity contribution in [3.8, 4) is 11.5 Å². The Labute approximate surface area is 124 Å². The molecular formula is C14H12BF3O4. The van der Waals surface area contributed by atoms with Crippen molar-refractivity contribution in [3.63, 3.8) is 0 Å². The summed E-state index contributed by atoms with van der Waals surface area (Å²) in [4.78, 5) is 0. The first-order valence-corrected chi connectivity index (χ1v) is 6.28. The van der Waals surface area contributed by atoms with E-state index in [0.717, 1.165) is 23.8 Å². The molecule has 0 radical (unpaired) electrons. The maximum Gasteiger partial charge on any atom is 0.573 e. The van der Waals surface area contributed by atoms with Gasteiger partial charge in [-0.25, -0.2) is 0 Å². The van der Waals surface area contributed by atoms with Gasteiger partial charge in [0.25, 0.3) is 0 Å². The van der Waals surface area contributed by atoms with Crippen molar-refractivity contribution >= 4 is 12.6 Å². The van der Waals surface area contributed by atoms with Crippen LogP contribution in [0.5, 0.6) is 11.5 Å². The van der Waals surface area contributed by atoms with Gasteiger partial charge in [0.05, 0.1) is 0 Å². The normalized spacial score (nSPS) is 11.1. The van der Waals surface area contributed by atoms with E-state index in [4.69, 9.17) is 4.74 Å². The lowest BCUT2D eigenvalue weighted by molar-refractivity contribution is -0.274. The largest absolute Gasteiger partial charge is 0.573 e. The van der Waals surface area contributed by atoms with Crippen LogP contribution in [0.25, 0.3) is 0 Å². The second kappa shape index (κ2) is 6.72. The molecule has 0 atom stereocenters. The number of ether oxygens (including phenoxy) is 2. The van der Waals surface area contributed by atoms with E-state index in [2.05, 4.69) is 4.74 Å². The maximum absolute atomic E-state index is 12.2. The van der Waals surface area contributed by atoms with Gasteiger partial charge >= 0.3 is 13.5 Å². The van der Waals surface area contributed by atoms with Crippen LogP contribution in [0, 0.1) is 0 Å². The summed E-state index contributed by atoms with van der Waals surface area (Å²) < 4.78 is 45.8. The predicted octanol–water partition coefficient (Wildman–Crippen LogP) is 1.84. The van der Waals surface area contributed by atoms with Gasteiger partial charge in [0.15, 0.2) is 0 Å². The zero-order valence-electron chi connectivity index (χ0n) is 11.2. The molecule has 0 amide bonds. The van der Waals surface area contributed by atoms with E-state index < -0.39 is 19.2 Å². The Morgan fingerprint density at radius 3 is 2.27 bits per heavy atom. The highest BCUT2D eigenvalue weighted by atomic mass is 19.4. The molecule has 0 saturated heterocycles. The molecule has 2 N–H and O–H groups in total. The molecule has 0 heterocycles. The fourth-order valence-corrected chi connectivity index (χ4v) is 1.79. The molecule has 4 nitrogen and oxygen atoms in total. The fraction of sp³-hybridized carbons (Fsp3) is 0.143. The highest BCUT2D eigenvalue weighted by molar-refractivity contribution is 6.59. The summed E-state index contributed by atoms with van der Waals surface area (Å²) in [5, 5.41) is 18.5. The topological polar surface area (TPSA) is 58.9 Å². The zero-order chi connectivity index (χ0) is 16.2. The molecule has 2 rings (SSSR count). The van der Waals surface area contributed by atoms with Crippen LogP contribution in [0.15, 0.2) is 48.5 Å². The average Bonchev–Trinajstić information content (AvgIpc) is 2.44. The van der Waals surface area contributed by atoms with E-state index in [0.29, 0.717) is 0 Å². The second-order valence-corrected chi connectivity index (χ2v) is 4.40. The minimum atomic E-state index is -4.84. The smallest absolute Gasteiger partial charge is 0.489 e. The van der Waals surface area contributed by atoms with Crippen LogP contribution in [0.1, 0.15) is 5.56 Å². The summed E-state index contributed by atoms with van der Waals surface area (Å²) in [6.45, 7) is 0.0655. The number of hydrogen-bond donors (Lipinski definition) is 2. The molecule has 2 aromatic rings. The van der Waals surface area contributed by atoms with Crippen LogP contribution in [0.4, 0.5) is 13.2 Å². The predicted molar refractivity (Wildman–Crippen MR) is 73.7 cm³/mol. The second-order valence-electron chi connectivity index (χ2n) is 4.40. The number of rotatable bonds is 5. The van der Waals surface area contributed by atoms with Crippen LogP contribution < -0.4 is 14.9 Å². The monoisotopic (exact) mass is 312 g/mol. The van der Waals surface area contributed by atoms with E-state index in [1.165, 1.54) is 0 Å². The van der Waals surface area contributed by atoms with Gasteiger partial charge < -0.3 is 19.5 Å². The average molecular weight is 312 g/mol. The Bertz CT molecular complexity index is 617. The molecule has 116 valence electrons. The van der Waals surface area contributed by atoms with Crippen LogP contribution in [-0.4, -0.2) is 23.5 Å². The van der Waals surface area contributed by atoms with E-state index in [-0.39, 0.29) is 17.8 Å².